The number of ether oxygens (including phenoxy) is 1. The fourth-order valence-corrected chi connectivity index (χ4v) is 1.83. The zero-order valence-electron chi connectivity index (χ0n) is 13.0. The van der Waals surface area contributed by atoms with Crippen molar-refractivity contribution < 1.29 is 14.3 Å². The van der Waals surface area contributed by atoms with E-state index in [0.29, 0.717) is 17.1 Å². The molecule has 0 aliphatic heterocycles. The molecule has 0 bridgehead atoms. The van der Waals surface area contributed by atoms with Crippen LogP contribution >= 0.6 is 0 Å². The Kier molecular flexibility index (Phi) is 5.62. The summed E-state index contributed by atoms with van der Waals surface area (Å²) in [7, 11) is 1.30. The fraction of sp³-hybridized carbons (Fsp3) is 0.250. The second-order valence-corrected chi connectivity index (χ2v) is 4.74. The van der Waals surface area contributed by atoms with Crippen LogP contribution in [0.4, 0.5) is 11.5 Å². The van der Waals surface area contributed by atoms with Crippen LogP contribution in [-0.2, 0) is 4.74 Å². The number of benzene rings is 1. The van der Waals surface area contributed by atoms with Crippen LogP contribution in [0.15, 0.2) is 36.7 Å². The molecule has 0 spiro atoms. The predicted octanol–water partition coefficient (Wildman–Crippen LogP) is 2.34. The van der Waals surface area contributed by atoms with Crippen molar-refractivity contribution in [1.29, 1.82) is 0 Å². The number of amides is 1. The van der Waals surface area contributed by atoms with Crippen LogP contribution in [0.1, 0.15) is 34.2 Å². The Labute approximate surface area is 134 Å². The second-order valence-electron chi connectivity index (χ2n) is 4.74. The average molecular weight is 314 g/mol. The largest absolute Gasteiger partial charge is 0.465 e. The van der Waals surface area contributed by atoms with Gasteiger partial charge in [-0.15, -0.1) is 0 Å². The topological polar surface area (TPSA) is 93.2 Å². The second kappa shape index (κ2) is 7.88. The van der Waals surface area contributed by atoms with E-state index in [1.54, 1.807) is 18.2 Å². The highest BCUT2D eigenvalue weighted by atomic mass is 16.5. The third-order valence-electron chi connectivity index (χ3n) is 2.98. The first-order valence-electron chi connectivity index (χ1n) is 7.19. The Hall–Kier alpha value is -2.96. The van der Waals surface area contributed by atoms with Gasteiger partial charge >= 0.3 is 5.97 Å². The van der Waals surface area contributed by atoms with Crippen molar-refractivity contribution in [3.8, 4) is 0 Å². The molecule has 0 fully saturated rings. The van der Waals surface area contributed by atoms with E-state index in [-0.39, 0.29) is 5.69 Å². The fourth-order valence-electron chi connectivity index (χ4n) is 1.83. The first kappa shape index (κ1) is 16.4. The molecule has 1 amide bonds. The smallest absolute Gasteiger partial charge is 0.337 e. The first-order chi connectivity index (χ1) is 11.1. The molecule has 0 atom stereocenters. The number of aromatic nitrogens is 2. The lowest BCUT2D eigenvalue weighted by molar-refractivity contribution is 0.0600. The number of methoxy groups -OCH3 is 1. The van der Waals surface area contributed by atoms with Gasteiger partial charge in [0.05, 0.1) is 25.1 Å². The predicted molar refractivity (Wildman–Crippen MR) is 86.5 cm³/mol. The molecule has 0 aliphatic carbocycles. The molecule has 0 radical (unpaired) electrons. The van der Waals surface area contributed by atoms with Crippen LogP contribution in [-0.4, -0.2) is 35.5 Å². The van der Waals surface area contributed by atoms with Gasteiger partial charge in [-0.05, 0) is 24.6 Å². The average Bonchev–Trinajstić information content (AvgIpc) is 2.59. The van der Waals surface area contributed by atoms with Crippen molar-refractivity contribution in [2.75, 3.05) is 24.3 Å². The van der Waals surface area contributed by atoms with Gasteiger partial charge in [-0.1, -0.05) is 13.0 Å². The highest BCUT2D eigenvalue weighted by molar-refractivity contribution is 6.03. The number of nitrogens with one attached hydrogen (secondary N) is 2. The lowest BCUT2D eigenvalue weighted by Gasteiger charge is -2.07. The highest BCUT2D eigenvalue weighted by Gasteiger charge is 2.11. The quantitative estimate of drug-likeness (QED) is 0.795. The summed E-state index contributed by atoms with van der Waals surface area (Å²) in [6.45, 7) is 2.84. The Balaban J connectivity index is 2.05. The van der Waals surface area contributed by atoms with E-state index in [1.807, 2.05) is 6.92 Å². The minimum atomic E-state index is -0.466. The van der Waals surface area contributed by atoms with Gasteiger partial charge in [0.25, 0.3) is 5.91 Å². The van der Waals surface area contributed by atoms with Crippen molar-refractivity contribution in [3.05, 3.63) is 47.9 Å². The Morgan fingerprint density at radius 3 is 2.70 bits per heavy atom. The van der Waals surface area contributed by atoms with E-state index in [1.165, 1.54) is 25.6 Å². The molecule has 7 heteroatoms. The molecule has 7 nitrogen and oxygen atoms in total. The van der Waals surface area contributed by atoms with Crippen molar-refractivity contribution in [1.82, 2.24) is 9.97 Å². The van der Waals surface area contributed by atoms with Gasteiger partial charge in [0.2, 0.25) is 0 Å². The highest BCUT2D eigenvalue weighted by Crippen LogP contribution is 2.13. The van der Waals surface area contributed by atoms with Crippen LogP contribution in [0.3, 0.4) is 0 Å². The van der Waals surface area contributed by atoms with Crippen LogP contribution < -0.4 is 10.6 Å². The lowest BCUT2D eigenvalue weighted by atomic mass is 10.2. The van der Waals surface area contributed by atoms with Gasteiger partial charge in [0.1, 0.15) is 11.5 Å². The number of rotatable bonds is 6. The molecule has 0 saturated carbocycles. The first-order valence-corrected chi connectivity index (χ1v) is 7.19. The number of anilines is 2. The molecular formula is C16H18N4O3. The van der Waals surface area contributed by atoms with Crippen LogP contribution in [0.25, 0.3) is 0 Å². The van der Waals surface area contributed by atoms with Crippen LogP contribution in [0.2, 0.25) is 0 Å². The zero-order chi connectivity index (χ0) is 16.7. The molecule has 0 unspecified atom stereocenters. The number of carbonyl (C=O) groups excluding carboxylic acids is 2. The third kappa shape index (κ3) is 4.50. The van der Waals surface area contributed by atoms with Crippen molar-refractivity contribution in [2.24, 2.45) is 0 Å². The number of carbonyl (C=O) groups is 2. The van der Waals surface area contributed by atoms with Crippen molar-refractivity contribution >= 4 is 23.4 Å². The third-order valence-corrected chi connectivity index (χ3v) is 2.98. The number of hydrogen-bond donors (Lipinski definition) is 2. The van der Waals surface area contributed by atoms with E-state index in [2.05, 4.69) is 25.3 Å². The Bertz CT molecular complexity index is 686. The summed E-state index contributed by atoms with van der Waals surface area (Å²) in [4.78, 5) is 31.8. The normalized spacial score (nSPS) is 10.0. The SMILES string of the molecule is CCCNc1cnc(C(=O)Nc2cccc(C(=O)OC)c2)cn1. The molecule has 120 valence electrons. The zero-order valence-corrected chi connectivity index (χ0v) is 13.0. The maximum Gasteiger partial charge on any atom is 0.337 e. The summed E-state index contributed by atoms with van der Waals surface area (Å²) in [6, 6.07) is 6.48. The number of hydrogen-bond acceptors (Lipinski definition) is 6. The van der Waals surface area contributed by atoms with E-state index in [0.717, 1.165) is 13.0 Å². The number of nitrogens with zero attached hydrogens (tertiary/aromatic N) is 2. The van der Waals surface area contributed by atoms with Crippen molar-refractivity contribution in [3.63, 3.8) is 0 Å². The molecule has 1 aromatic carbocycles. The van der Waals surface area contributed by atoms with Gasteiger partial charge in [-0.3, -0.25) is 4.79 Å². The summed E-state index contributed by atoms with van der Waals surface area (Å²) in [5.74, 6) is -0.245. The van der Waals surface area contributed by atoms with E-state index in [9.17, 15) is 9.59 Å². The van der Waals surface area contributed by atoms with Crippen LogP contribution in [0.5, 0.6) is 0 Å². The Morgan fingerprint density at radius 2 is 2.04 bits per heavy atom. The van der Waals surface area contributed by atoms with Gasteiger partial charge in [-0.2, -0.15) is 0 Å². The summed E-state index contributed by atoms with van der Waals surface area (Å²) < 4.78 is 4.65. The van der Waals surface area contributed by atoms with Gasteiger partial charge in [-0.25, -0.2) is 14.8 Å². The van der Waals surface area contributed by atoms with Crippen LogP contribution in [0, 0.1) is 0 Å². The maximum atomic E-state index is 12.1. The lowest BCUT2D eigenvalue weighted by Crippen LogP contribution is -2.15. The summed E-state index contributed by atoms with van der Waals surface area (Å²) in [5, 5.41) is 5.75. The molecule has 23 heavy (non-hydrogen) atoms. The van der Waals surface area contributed by atoms with Gasteiger partial charge < -0.3 is 15.4 Å². The molecular weight excluding hydrogens is 296 g/mol. The van der Waals surface area contributed by atoms with Gasteiger partial charge in [0.15, 0.2) is 0 Å². The molecule has 2 N–H and O–H groups in total. The standard InChI is InChI=1S/C16H18N4O3/c1-3-7-17-14-10-18-13(9-19-14)15(21)20-12-6-4-5-11(8-12)16(22)23-2/h4-6,8-10H,3,7H2,1-2H3,(H,17,19)(H,20,21). The molecule has 0 aliphatic rings. The monoisotopic (exact) mass is 314 g/mol. The van der Waals surface area contributed by atoms with Crippen molar-refractivity contribution in [2.45, 2.75) is 13.3 Å². The summed E-state index contributed by atoms with van der Waals surface area (Å²) >= 11 is 0. The maximum absolute atomic E-state index is 12.1. The molecule has 1 aromatic heterocycles. The minimum absolute atomic E-state index is 0.190. The molecule has 0 saturated heterocycles. The molecule has 2 rings (SSSR count). The minimum Gasteiger partial charge on any atom is -0.465 e. The summed E-state index contributed by atoms with van der Waals surface area (Å²) in [5.41, 5.74) is 1.03. The number of esters is 1. The van der Waals surface area contributed by atoms with E-state index >= 15 is 0 Å². The van der Waals surface area contributed by atoms with E-state index < -0.39 is 11.9 Å². The van der Waals surface area contributed by atoms with Gasteiger partial charge in [0, 0.05) is 12.2 Å². The molecule has 1 heterocycles. The van der Waals surface area contributed by atoms with E-state index in [4.69, 9.17) is 0 Å². The Morgan fingerprint density at radius 1 is 1.22 bits per heavy atom. The summed E-state index contributed by atoms with van der Waals surface area (Å²) in [6.07, 6.45) is 3.88. The molecule has 2 aromatic rings.